The molecule has 0 spiro atoms. The highest BCUT2D eigenvalue weighted by Gasteiger charge is 2.41. The van der Waals surface area contributed by atoms with Crippen LogP contribution < -0.4 is 9.47 Å². The minimum atomic E-state index is -0.698. The fourth-order valence-corrected chi connectivity index (χ4v) is 3.51. The maximum atomic E-state index is 14.0. The Labute approximate surface area is 181 Å². The zero-order valence-corrected chi connectivity index (χ0v) is 16.9. The third-order valence-corrected chi connectivity index (χ3v) is 5.10. The molecule has 3 heterocycles. The molecule has 9 nitrogen and oxygen atoms in total. The Morgan fingerprint density at radius 3 is 2.75 bits per heavy atom. The van der Waals surface area contributed by atoms with E-state index in [0.717, 1.165) is 5.56 Å². The molecule has 0 saturated heterocycles. The van der Waals surface area contributed by atoms with Crippen molar-refractivity contribution in [3.8, 4) is 34.3 Å². The van der Waals surface area contributed by atoms with E-state index in [1.54, 1.807) is 41.0 Å². The van der Waals surface area contributed by atoms with Gasteiger partial charge in [0.2, 0.25) is 0 Å². The Bertz CT molecular complexity index is 1270. The third kappa shape index (κ3) is 3.66. The highest BCUT2D eigenvalue weighted by molar-refractivity contribution is 5.67. The fourth-order valence-electron chi connectivity index (χ4n) is 3.51. The molecule has 0 amide bonds. The van der Waals surface area contributed by atoms with Crippen molar-refractivity contribution in [1.29, 1.82) is 0 Å². The molecule has 1 aliphatic rings. The van der Waals surface area contributed by atoms with Crippen LogP contribution in [0.3, 0.4) is 0 Å². The van der Waals surface area contributed by atoms with Crippen molar-refractivity contribution in [3.05, 3.63) is 76.7 Å². The van der Waals surface area contributed by atoms with E-state index in [4.69, 9.17) is 14.0 Å². The van der Waals surface area contributed by atoms with Crippen LogP contribution in [0.4, 0.5) is 10.2 Å². The van der Waals surface area contributed by atoms with Crippen LogP contribution in [0.2, 0.25) is 0 Å². The molecule has 162 valence electrons. The SMILES string of the molecule is C[C@]1(COc2ccc(-c3cc(-c4ccccc4F)on3)cc2)Cn2cc([N+](=O)[O-])nc2O1. The van der Waals surface area contributed by atoms with Crippen LogP contribution in [0.25, 0.3) is 22.6 Å². The lowest BCUT2D eigenvalue weighted by Crippen LogP contribution is -2.38. The van der Waals surface area contributed by atoms with Gasteiger partial charge in [0.1, 0.15) is 30.1 Å². The van der Waals surface area contributed by atoms with Crippen molar-refractivity contribution in [3.63, 3.8) is 0 Å². The van der Waals surface area contributed by atoms with Crippen molar-refractivity contribution in [2.45, 2.75) is 19.1 Å². The zero-order chi connectivity index (χ0) is 22.3. The number of imidazole rings is 1. The predicted octanol–water partition coefficient (Wildman–Crippen LogP) is 4.48. The Hall–Kier alpha value is -4.21. The van der Waals surface area contributed by atoms with E-state index in [0.29, 0.717) is 29.3 Å². The standard InChI is InChI=1S/C22H17FN4O5/c1-22(12-26-11-20(27(28)29)24-21(26)31-22)13-30-15-8-6-14(7-9-15)18-10-19(32-25-18)16-4-2-3-5-17(16)23/h2-11H,12-13H2,1H3/t22-/m1/s1. The topological polar surface area (TPSA) is 105 Å². The summed E-state index contributed by atoms with van der Waals surface area (Å²) in [6.45, 7) is 2.46. The summed E-state index contributed by atoms with van der Waals surface area (Å²) in [5.41, 5.74) is 1.02. The predicted molar refractivity (Wildman–Crippen MR) is 111 cm³/mol. The number of rotatable bonds is 6. The molecule has 0 radical (unpaired) electrons. The molecule has 0 fully saturated rings. The van der Waals surface area contributed by atoms with Gasteiger partial charge in [-0.15, -0.1) is 0 Å². The largest absolute Gasteiger partial charge is 0.489 e. The molecular weight excluding hydrogens is 419 g/mol. The lowest BCUT2D eigenvalue weighted by atomic mass is 10.1. The molecule has 1 atom stereocenters. The van der Waals surface area contributed by atoms with E-state index in [-0.39, 0.29) is 24.3 Å². The van der Waals surface area contributed by atoms with Gasteiger partial charge < -0.3 is 24.1 Å². The number of hydrogen-bond donors (Lipinski definition) is 0. The van der Waals surface area contributed by atoms with E-state index >= 15 is 0 Å². The van der Waals surface area contributed by atoms with Crippen molar-refractivity contribution in [2.75, 3.05) is 6.61 Å². The number of nitro groups is 1. The summed E-state index contributed by atoms with van der Waals surface area (Å²) in [6, 6.07) is 15.5. The lowest BCUT2D eigenvalue weighted by Gasteiger charge is -2.22. The number of hydrogen-bond acceptors (Lipinski definition) is 7. The van der Waals surface area contributed by atoms with Gasteiger partial charge in [0.15, 0.2) is 11.4 Å². The second-order valence-corrected chi connectivity index (χ2v) is 7.69. The van der Waals surface area contributed by atoms with Crippen LogP contribution in [0.15, 0.2) is 65.3 Å². The first-order valence-corrected chi connectivity index (χ1v) is 9.76. The van der Waals surface area contributed by atoms with Crippen LogP contribution in [0, 0.1) is 15.9 Å². The van der Waals surface area contributed by atoms with E-state index in [2.05, 4.69) is 10.1 Å². The monoisotopic (exact) mass is 436 g/mol. The molecule has 0 bridgehead atoms. The second-order valence-electron chi connectivity index (χ2n) is 7.69. The second kappa shape index (κ2) is 7.49. The van der Waals surface area contributed by atoms with Crippen LogP contribution in [0.5, 0.6) is 11.8 Å². The van der Waals surface area contributed by atoms with Crippen LogP contribution in [-0.2, 0) is 6.54 Å². The highest BCUT2D eigenvalue weighted by atomic mass is 19.1. The van der Waals surface area contributed by atoms with Gasteiger partial charge in [0, 0.05) is 16.6 Å². The molecule has 2 aromatic heterocycles. The summed E-state index contributed by atoms with van der Waals surface area (Å²) in [5.74, 6) is 0.345. The van der Waals surface area contributed by atoms with Crippen molar-refractivity contribution >= 4 is 5.82 Å². The number of benzene rings is 2. The fraction of sp³-hybridized carbons (Fsp3) is 0.182. The van der Waals surface area contributed by atoms with E-state index < -0.39 is 10.5 Å². The number of aromatic nitrogens is 3. The summed E-state index contributed by atoms with van der Waals surface area (Å²) < 4.78 is 32.5. The minimum Gasteiger partial charge on any atom is -0.489 e. The van der Waals surface area contributed by atoms with Crippen molar-refractivity contribution in [2.24, 2.45) is 0 Å². The molecule has 0 N–H and O–H groups in total. The molecule has 4 aromatic rings. The van der Waals surface area contributed by atoms with Gasteiger partial charge in [-0.1, -0.05) is 17.3 Å². The number of nitrogens with zero attached hydrogens (tertiary/aromatic N) is 4. The quantitative estimate of drug-likeness (QED) is 0.324. The average Bonchev–Trinajstić information content (AvgIpc) is 3.47. The molecule has 0 aliphatic carbocycles. The maximum absolute atomic E-state index is 14.0. The van der Waals surface area contributed by atoms with E-state index in [1.165, 1.54) is 12.3 Å². The van der Waals surface area contributed by atoms with Crippen LogP contribution in [-0.4, -0.2) is 31.8 Å². The number of ether oxygens (including phenoxy) is 2. The Kier molecular flexibility index (Phi) is 4.62. The van der Waals surface area contributed by atoms with Crippen molar-refractivity contribution in [1.82, 2.24) is 14.7 Å². The number of fused-ring (bicyclic) bond motifs is 1. The van der Waals surface area contributed by atoms with Gasteiger partial charge in [-0.2, -0.15) is 0 Å². The molecule has 2 aromatic carbocycles. The summed E-state index contributed by atoms with van der Waals surface area (Å²) in [4.78, 5) is 14.1. The van der Waals surface area contributed by atoms with Crippen molar-refractivity contribution < 1.29 is 23.3 Å². The summed E-state index contributed by atoms with van der Waals surface area (Å²) in [7, 11) is 0. The Morgan fingerprint density at radius 1 is 1.25 bits per heavy atom. The molecule has 0 unspecified atom stereocenters. The first kappa shape index (κ1) is 19.7. The molecule has 1 aliphatic heterocycles. The lowest BCUT2D eigenvalue weighted by molar-refractivity contribution is -0.389. The van der Waals surface area contributed by atoms with Gasteiger partial charge in [0.05, 0.1) is 12.1 Å². The molecule has 32 heavy (non-hydrogen) atoms. The smallest absolute Gasteiger partial charge is 0.415 e. The van der Waals surface area contributed by atoms with Gasteiger partial charge >= 0.3 is 11.8 Å². The van der Waals surface area contributed by atoms with Gasteiger partial charge in [-0.05, 0) is 48.2 Å². The first-order valence-electron chi connectivity index (χ1n) is 9.76. The van der Waals surface area contributed by atoms with Gasteiger partial charge in [0.25, 0.3) is 0 Å². The molecular formula is C22H17FN4O5. The highest BCUT2D eigenvalue weighted by Crippen LogP contribution is 2.32. The van der Waals surface area contributed by atoms with E-state index in [9.17, 15) is 14.5 Å². The normalized spacial score (nSPS) is 17.1. The van der Waals surface area contributed by atoms with E-state index in [1.807, 2.05) is 19.1 Å². The third-order valence-electron chi connectivity index (χ3n) is 5.10. The van der Waals surface area contributed by atoms with Crippen LogP contribution in [0.1, 0.15) is 6.92 Å². The molecule has 5 rings (SSSR count). The Balaban J connectivity index is 1.24. The number of halogens is 1. The summed E-state index contributed by atoms with van der Waals surface area (Å²) in [6.07, 6.45) is 1.35. The maximum Gasteiger partial charge on any atom is 0.415 e. The molecule has 10 heteroatoms. The summed E-state index contributed by atoms with van der Waals surface area (Å²) >= 11 is 0. The van der Waals surface area contributed by atoms with Gasteiger partial charge in [-0.3, -0.25) is 4.57 Å². The zero-order valence-electron chi connectivity index (χ0n) is 16.9. The average molecular weight is 436 g/mol. The first-order chi connectivity index (χ1) is 15.4. The van der Waals surface area contributed by atoms with Crippen LogP contribution >= 0.6 is 0 Å². The Morgan fingerprint density at radius 2 is 2.03 bits per heavy atom. The molecule has 0 saturated carbocycles. The minimum absolute atomic E-state index is 0.204. The van der Waals surface area contributed by atoms with Gasteiger partial charge in [-0.25, -0.2) is 4.39 Å². The summed E-state index contributed by atoms with van der Waals surface area (Å²) in [5, 5.41) is 14.8.